The first-order chi connectivity index (χ1) is 9.93. The Labute approximate surface area is 127 Å². The van der Waals surface area contributed by atoms with E-state index in [4.69, 9.17) is 0 Å². The fraction of sp³-hybridized carbons (Fsp3) is 0.667. The molecule has 0 aromatic heterocycles. The van der Waals surface area contributed by atoms with Gasteiger partial charge in [0.1, 0.15) is 0 Å². The molecule has 1 N–H and O–H groups in total. The molecule has 0 bridgehead atoms. The second-order valence-electron chi connectivity index (χ2n) is 7.15. The smallest absolute Gasteiger partial charge is 0.159 e. The van der Waals surface area contributed by atoms with E-state index in [-0.39, 0.29) is 5.41 Å². The van der Waals surface area contributed by atoms with Crippen LogP contribution < -0.4 is 5.32 Å². The lowest BCUT2D eigenvalue weighted by Crippen LogP contribution is -2.35. The maximum atomic E-state index is 13.6. The van der Waals surface area contributed by atoms with E-state index >= 15 is 0 Å². The van der Waals surface area contributed by atoms with Gasteiger partial charge in [-0.1, -0.05) is 26.8 Å². The third-order valence-electron chi connectivity index (χ3n) is 4.74. The minimum atomic E-state index is -0.755. The molecule has 1 aromatic carbocycles. The molecule has 1 aliphatic rings. The topological polar surface area (TPSA) is 12.0 Å². The molecular weight excluding hydrogens is 268 g/mol. The predicted octanol–water partition coefficient (Wildman–Crippen LogP) is 4.87. The van der Waals surface area contributed by atoms with Crippen molar-refractivity contribution in [2.45, 2.75) is 52.4 Å². The van der Waals surface area contributed by atoms with Crippen molar-refractivity contribution in [3.63, 3.8) is 0 Å². The highest BCUT2D eigenvalue weighted by Gasteiger charge is 2.35. The van der Waals surface area contributed by atoms with E-state index in [0.29, 0.717) is 11.8 Å². The van der Waals surface area contributed by atoms with Crippen LogP contribution in [-0.2, 0) is 0 Å². The average molecular weight is 295 g/mol. The molecule has 2 unspecified atom stereocenters. The van der Waals surface area contributed by atoms with Gasteiger partial charge in [0.05, 0.1) is 0 Å². The number of nitrogens with one attached hydrogen (secondary N) is 1. The Morgan fingerprint density at radius 1 is 1.24 bits per heavy atom. The second kappa shape index (κ2) is 6.87. The van der Waals surface area contributed by atoms with Crippen molar-refractivity contribution < 1.29 is 8.78 Å². The SMILES string of the molecule is CCCNCC1CCC(C)(C)CC1c1ccc(F)c(F)c1. The monoisotopic (exact) mass is 295 g/mol. The quantitative estimate of drug-likeness (QED) is 0.764. The molecule has 0 saturated heterocycles. The summed E-state index contributed by atoms with van der Waals surface area (Å²) in [5.41, 5.74) is 1.22. The third kappa shape index (κ3) is 4.26. The van der Waals surface area contributed by atoms with E-state index in [1.807, 2.05) is 0 Å². The molecule has 1 nitrogen and oxygen atoms in total. The Balaban J connectivity index is 2.17. The molecule has 0 spiro atoms. The minimum Gasteiger partial charge on any atom is -0.316 e. The van der Waals surface area contributed by atoms with Crippen LogP contribution in [0.3, 0.4) is 0 Å². The Kier molecular flexibility index (Phi) is 5.37. The predicted molar refractivity (Wildman–Crippen MR) is 83.4 cm³/mol. The van der Waals surface area contributed by atoms with Crippen LogP contribution in [0.5, 0.6) is 0 Å². The van der Waals surface area contributed by atoms with E-state index in [1.165, 1.54) is 18.6 Å². The van der Waals surface area contributed by atoms with Gasteiger partial charge < -0.3 is 5.32 Å². The van der Waals surface area contributed by atoms with Crippen LogP contribution in [0.15, 0.2) is 18.2 Å². The third-order valence-corrected chi connectivity index (χ3v) is 4.74. The van der Waals surface area contributed by atoms with E-state index in [0.717, 1.165) is 37.9 Å². The molecule has 1 saturated carbocycles. The molecule has 21 heavy (non-hydrogen) atoms. The Hall–Kier alpha value is -0.960. The fourth-order valence-electron chi connectivity index (χ4n) is 3.48. The molecule has 2 rings (SSSR count). The van der Waals surface area contributed by atoms with Gasteiger partial charge in [0.15, 0.2) is 11.6 Å². The normalized spacial score (nSPS) is 25.0. The van der Waals surface area contributed by atoms with Gasteiger partial charge in [0, 0.05) is 0 Å². The summed E-state index contributed by atoms with van der Waals surface area (Å²) >= 11 is 0. The highest BCUT2D eigenvalue weighted by molar-refractivity contribution is 5.24. The number of halogens is 2. The lowest BCUT2D eigenvalue weighted by molar-refractivity contribution is 0.159. The molecule has 1 aliphatic carbocycles. The number of hydrogen-bond donors (Lipinski definition) is 1. The van der Waals surface area contributed by atoms with Crippen molar-refractivity contribution in [3.05, 3.63) is 35.4 Å². The van der Waals surface area contributed by atoms with Crippen LogP contribution in [0, 0.1) is 23.0 Å². The van der Waals surface area contributed by atoms with Crippen molar-refractivity contribution in [3.8, 4) is 0 Å². The first-order valence-electron chi connectivity index (χ1n) is 8.08. The molecule has 2 atom stereocenters. The lowest BCUT2D eigenvalue weighted by Gasteiger charge is -2.41. The molecule has 1 aromatic rings. The van der Waals surface area contributed by atoms with Crippen LogP contribution in [0.4, 0.5) is 8.78 Å². The Morgan fingerprint density at radius 3 is 2.67 bits per heavy atom. The molecule has 0 amide bonds. The molecular formula is C18H27F2N. The van der Waals surface area contributed by atoms with E-state index in [1.54, 1.807) is 6.07 Å². The van der Waals surface area contributed by atoms with Crippen molar-refractivity contribution in [1.29, 1.82) is 0 Å². The maximum Gasteiger partial charge on any atom is 0.159 e. The van der Waals surface area contributed by atoms with Crippen LogP contribution in [0.25, 0.3) is 0 Å². The number of rotatable bonds is 5. The summed E-state index contributed by atoms with van der Waals surface area (Å²) in [7, 11) is 0. The van der Waals surface area contributed by atoms with Gasteiger partial charge in [-0.05, 0) is 73.7 Å². The minimum absolute atomic E-state index is 0.275. The summed E-state index contributed by atoms with van der Waals surface area (Å²) in [6.45, 7) is 8.69. The Bertz CT molecular complexity index is 470. The van der Waals surface area contributed by atoms with Gasteiger partial charge in [-0.2, -0.15) is 0 Å². The highest BCUT2D eigenvalue weighted by Crippen LogP contribution is 2.46. The summed E-state index contributed by atoms with van der Waals surface area (Å²) in [6.07, 6.45) is 4.50. The zero-order chi connectivity index (χ0) is 15.5. The van der Waals surface area contributed by atoms with Gasteiger partial charge in [0.25, 0.3) is 0 Å². The van der Waals surface area contributed by atoms with Gasteiger partial charge in [-0.15, -0.1) is 0 Å². The zero-order valence-electron chi connectivity index (χ0n) is 13.4. The molecule has 3 heteroatoms. The van der Waals surface area contributed by atoms with Gasteiger partial charge in [-0.25, -0.2) is 8.78 Å². The number of benzene rings is 1. The van der Waals surface area contributed by atoms with Crippen LogP contribution in [0.1, 0.15) is 57.9 Å². The first kappa shape index (κ1) is 16.4. The molecule has 0 heterocycles. The van der Waals surface area contributed by atoms with Gasteiger partial charge in [0.2, 0.25) is 0 Å². The van der Waals surface area contributed by atoms with Crippen LogP contribution in [-0.4, -0.2) is 13.1 Å². The lowest BCUT2D eigenvalue weighted by atomic mass is 9.65. The van der Waals surface area contributed by atoms with E-state index in [2.05, 4.69) is 26.1 Å². The van der Waals surface area contributed by atoms with Crippen LogP contribution >= 0.6 is 0 Å². The molecule has 0 aliphatic heterocycles. The zero-order valence-corrected chi connectivity index (χ0v) is 13.4. The summed E-state index contributed by atoms with van der Waals surface area (Å²) in [4.78, 5) is 0. The molecule has 1 fully saturated rings. The van der Waals surface area contributed by atoms with E-state index in [9.17, 15) is 8.78 Å². The van der Waals surface area contributed by atoms with Gasteiger partial charge >= 0.3 is 0 Å². The Morgan fingerprint density at radius 2 is 2.00 bits per heavy atom. The fourth-order valence-corrected chi connectivity index (χ4v) is 3.48. The standard InChI is InChI=1S/C18H27F2N/c1-4-9-21-12-14-7-8-18(2,3)11-15(14)13-5-6-16(19)17(20)10-13/h5-6,10,14-15,21H,4,7-9,11-12H2,1-3H3. The average Bonchev–Trinajstić information content (AvgIpc) is 2.43. The van der Waals surface area contributed by atoms with Crippen molar-refractivity contribution >= 4 is 0 Å². The van der Waals surface area contributed by atoms with Crippen LogP contribution in [0.2, 0.25) is 0 Å². The number of hydrogen-bond acceptors (Lipinski definition) is 1. The summed E-state index contributed by atoms with van der Waals surface area (Å²) < 4.78 is 26.7. The largest absolute Gasteiger partial charge is 0.316 e. The second-order valence-corrected chi connectivity index (χ2v) is 7.15. The van der Waals surface area contributed by atoms with E-state index < -0.39 is 11.6 Å². The van der Waals surface area contributed by atoms with Crippen molar-refractivity contribution in [2.75, 3.05) is 13.1 Å². The molecule has 118 valence electrons. The maximum absolute atomic E-state index is 13.6. The summed E-state index contributed by atoms with van der Waals surface area (Å²) in [5, 5.41) is 3.49. The molecule has 0 radical (unpaired) electrons. The summed E-state index contributed by atoms with van der Waals surface area (Å²) in [6, 6.07) is 4.42. The first-order valence-corrected chi connectivity index (χ1v) is 8.08. The van der Waals surface area contributed by atoms with Crippen molar-refractivity contribution in [1.82, 2.24) is 5.32 Å². The van der Waals surface area contributed by atoms with Gasteiger partial charge in [-0.3, -0.25) is 0 Å². The summed E-state index contributed by atoms with van der Waals surface area (Å²) in [5.74, 6) is -0.659. The highest BCUT2D eigenvalue weighted by atomic mass is 19.2. The van der Waals surface area contributed by atoms with Crippen molar-refractivity contribution in [2.24, 2.45) is 11.3 Å².